The van der Waals surface area contributed by atoms with Crippen molar-refractivity contribution in [3.8, 4) is 5.75 Å². The molecule has 1 amide bonds. The molecule has 1 saturated heterocycles. The number of aliphatic hydroxyl groups excluding tert-OH is 1. The summed E-state index contributed by atoms with van der Waals surface area (Å²) in [5, 5.41) is 13.2. The standard InChI is InChI=1S/C22H25N3O4/c1-28-17-8-6-15(7-9-17)19(26)14-23-21(27)16-10-12-25(13-11-16)22-24-18-4-2-3-5-20(18)29-22/h2-9,16,19,26H,10-14H2,1H3,(H,23,27)/t19-/m0/s1. The zero-order valence-electron chi connectivity index (χ0n) is 16.4. The number of nitrogens with zero attached hydrogens (tertiary/aromatic N) is 2. The summed E-state index contributed by atoms with van der Waals surface area (Å²) in [5.74, 6) is 0.643. The molecule has 7 heteroatoms. The summed E-state index contributed by atoms with van der Waals surface area (Å²) in [4.78, 5) is 19.1. The number of rotatable bonds is 6. The summed E-state index contributed by atoms with van der Waals surface area (Å²) in [6.07, 6.45) is 0.705. The van der Waals surface area contributed by atoms with E-state index >= 15 is 0 Å². The van der Waals surface area contributed by atoms with Crippen molar-refractivity contribution in [2.75, 3.05) is 31.6 Å². The molecule has 0 radical (unpaired) electrons. The van der Waals surface area contributed by atoms with E-state index in [0.717, 1.165) is 35.3 Å². The number of benzene rings is 2. The molecule has 0 bridgehead atoms. The van der Waals surface area contributed by atoms with Gasteiger partial charge in [-0.15, -0.1) is 0 Å². The third kappa shape index (κ3) is 4.35. The molecule has 3 aromatic rings. The van der Waals surface area contributed by atoms with Crippen LogP contribution in [-0.4, -0.2) is 42.7 Å². The van der Waals surface area contributed by atoms with Crippen molar-refractivity contribution in [2.45, 2.75) is 18.9 Å². The van der Waals surface area contributed by atoms with Crippen molar-refractivity contribution >= 4 is 23.0 Å². The van der Waals surface area contributed by atoms with Crippen molar-refractivity contribution < 1.29 is 19.1 Å². The van der Waals surface area contributed by atoms with E-state index in [9.17, 15) is 9.90 Å². The first-order valence-electron chi connectivity index (χ1n) is 9.84. The van der Waals surface area contributed by atoms with Crippen molar-refractivity contribution in [1.29, 1.82) is 0 Å². The second-order valence-corrected chi connectivity index (χ2v) is 7.26. The van der Waals surface area contributed by atoms with Crippen LogP contribution >= 0.6 is 0 Å². The smallest absolute Gasteiger partial charge is 0.298 e. The molecule has 0 saturated carbocycles. The zero-order valence-corrected chi connectivity index (χ0v) is 16.4. The van der Waals surface area contributed by atoms with Crippen molar-refractivity contribution in [1.82, 2.24) is 10.3 Å². The first kappa shape index (κ1) is 19.3. The Bertz CT molecular complexity index is 929. The molecular formula is C22H25N3O4. The number of carbonyl (C=O) groups is 1. The second kappa shape index (κ2) is 8.53. The minimum absolute atomic E-state index is 0.0187. The van der Waals surface area contributed by atoms with Crippen LogP contribution in [0.25, 0.3) is 11.1 Å². The molecular weight excluding hydrogens is 370 g/mol. The van der Waals surface area contributed by atoms with Gasteiger partial charge < -0.3 is 24.5 Å². The number of nitrogens with one attached hydrogen (secondary N) is 1. The number of carbonyl (C=O) groups excluding carboxylic acids is 1. The molecule has 1 aliphatic heterocycles. The van der Waals surface area contributed by atoms with Gasteiger partial charge in [-0.2, -0.15) is 4.98 Å². The normalized spacial score (nSPS) is 16.0. The number of para-hydroxylation sites is 2. The fourth-order valence-corrected chi connectivity index (χ4v) is 3.61. The molecule has 0 unspecified atom stereocenters. The first-order valence-corrected chi connectivity index (χ1v) is 9.84. The Morgan fingerprint density at radius 2 is 1.97 bits per heavy atom. The number of aliphatic hydroxyl groups is 1. The SMILES string of the molecule is COc1ccc([C@@H](O)CNC(=O)C2CCN(c3nc4ccccc4o3)CC2)cc1. The number of oxazole rings is 1. The van der Waals surface area contributed by atoms with E-state index in [-0.39, 0.29) is 18.4 Å². The Kier molecular flexibility index (Phi) is 5.67. The third-order valence-corrected chi connectivity index (χ3v) is 5.39. The Hall–Kier alpha value is -3.06. The topological polar surface area (TPSA) is 87.8 Å². The molecule has 2 heterocycles. The number of hydrogen-bond acceptors (Lipinski definition) is 6. The van der Waals surface area contributed by atoms with Crippen LogP contribution < -0.4 is 15.0 Å². The number of piperidine rings is 1. The molecule has 1 aliphatic rings. The fraction of sp³-hybridized carbons (Fsp3) is 0.364. The second-order valence-electron chi connectivity index (χ2n) is 7.26. The number of methoxy groups -OCH3 is 1. The maximum absolute atomic E-state index is 12.5. The number of fused-ring (bicyclic) bond motifs is 1. The molecule has 4 rings (SSSR count). The lowest BCUT2D eigenvalue weighted by molar-refractivity contribution is -0.126. The molecule has 1 atom stereocenters. The summed E-state index contributed by atoms with van der Waals surface area (Å²) < 4.78 is 10.9. The van der Waals surface area contributed by atoms with Crippen LogP contribution in [0.2, 0.25) is 0 Å². The van der Waals surface area contributed by atoms with Crippen LogP contribution in [0.4, 0.5) is 6.01 Å². The van der Waals surface area contributed by atoms with Crippen molar-refractivity contribution in [3.05, 3.63) is 54.1 Å². The maximum Gasteiger partial charge on any atom is 0.298 e. The van der Waals surface area contributed by atoms with Gasteiger partial charge in [0.25, 0.3) is 6.01 Å². The van der Waals surface area contributed by atoms with E-state index in [2.05, 4.69) is 15.2 Å². The highest BCUT2D eigenvalue weighted by Gasteiger charge is 2.27. The van der Waals surface area contributed by atoms with Crippen molar-refractivity contribution in [3.63, 3.8) is 0 Å². The van der Waals surface area contributed by atoms with E-state index in [0.29, 0.717) is 19.1 Å². The Morgan fingerprint density at radius 1 is 1.24 bits per heavy atom. The Morgan fingerprint density at radius 3 is 2.66 bits per heavy atom. The van der Waals surface area contributed by atoms with E-state index in [1.54, 1.807) is 31.4 Å². The van der Waals surface area contributed by atoms with Crippen LogP contribution in [0.15, 0.2) is 52.9 Å². The number of hydrogen-bond donors (Lipinski definition) is 2. The number of ether oxygens (including phenoxy) is 1. The highest BCUT2D eigenvalue weighted by Crippen LogP contribution is 2.26. The van der Waals surface area contributed by atoms with Gasteiger partial charge in [0.2, 0.25) is 5.91 Å². The summed E-state index contributed by atoms with van der Waals surface area (Å²) >= 11 is 0. The summed E-state index contributed by atoms with van der Waals surface area (Å²) in [5.41, 5.74) is 2.36. The highest BCUT2D eigenvalue weighted by atomic mass is 16.5. The lowest BCUT2D eigenvalue weighted by atomic mass is 9.96. The minimum atomic E-state index is -0.746. The fourth-order valence-electron chi connectivity index (χ4n) is 3.61. The number of amides is 1. The van der Waals surface area contributed by atoms with Gasteiger partial charge in [0.15, 0.2) is 5.58 Å². The predicted molar refractivity (Wildman–Crippen MR) is 110 cm³/mol. The average Bonchev–Trinajstić information content (AvgIpc) is 3.22. The van der Waals surface area contributed by atoms with Crippen LogP contribution in [0, 0.1) is 5.92 Å². The monoisotopic (exact) mass is 395 g/mol. The minimum Gasteiger partial charge on any atom is -0.497 e. The molecule has 2 aromatic carbocycles. The zero-order chi connectivity index (χ0) is 20.2. The summed E-state index contributed by atoms with van der Waals surface area (Å²) in [6, 6.07) is 15.5. The van der Waals surface area contributed by atoms with E-state index in [4.69, 9.17) is 9.15 Å². The van der Waals surface area contributed by atoms with Crippen LogP contribution in [0.5, 0.6) is 5.75 Å². The van der Waals surface area contributed by atoms with Gasteiger partial charge in [-0.3, -0.25) is 4.79 Å². The molecule has 1 aromatic heterocycles. The summed E-state index contributed by atoms with van der Waals surface area (Å²) in [7, 11) is 1.60. The molecule has 152 valence electrons. The van der Waals surface area contributed by atoms with E-state index < -0.39 is 6.10 Å². The van der Waals surface area contributed by atoms with Crippen molar-refractivity contribution in [2.24, 2.45) is 5.92 Å². The van der Waals surface area contributed by atoms with Gasteiger partial charge in [-0.25, -0.2) is 0 Å². The molecule has 0 spiro atoms. The van der Waals surface area contributed by atoms with Crippen LogP contribution in [-0.2, 0) is 4.79 Å². The maximum atomic E-state index is 12.5. The Balaban J connectivity index is 1.27. The number of aromatic nitrogens is 1. The highest BCUT2D eigenvalue weighted by molar-refractivity contribution is 5.79. The van der Waals surface area contributed by atoms with Gasteiger partial charge in [0.05, 0.1) is 13.2 Å². The average molecular weight is 395 g/mol. The molecule has 29 heavy (non-hydrogen) atoms. The largest absolute Gasteiger partial charge is 0.497 e. The van der Waals surface area contributed by atoms with Crippen LogP contribution in [0.3, 0.4) is 0 Å². The molecule has 0 aliphatic carbocycles. The van der Waals surface area contributed by atoms with Gasteiger partial charge >= 0.3 is 0 Å². The quantitative estimate of drug-likeness (QED) is 0.667. The van der Waals surface area contributed by atoms with Crippen LogP contribution in [0.1, 0.15) is 24.5 Å². The predicted octanol–water partition coefficient (Wildman–Crippen LogP) is 2.90. The molecule has 7 nitrogen and oxygen atoms in total. The molecule has 1 fully saturated rings. The lowest BCUT2D eigenvalue weighted by Crippen LogP contribution is -2.41. The van der Waals surface area contributed by atoms with Gasteiger partial charge in [0, 0.05) is 25.6 Å². The van der Waals surface area contributed by atoms with Gasteiger partial charge in [-0.05, 0) is 42.7 Å². The first-order chi connectivity index (χ1) is 14.1. The summed E-state index contributed by atoms with van der Waals surface area (Å²) in [6.45, 7) is 1.62. The van der Waals surface area contributed by atoms with Gasteiger partial charge in [-0.1, -0.05) is 24.3 Å². The third-order valence-electron chi connectivity index (χ3n) is 5.39. The van der Waals surface area contributed by atoms with E-state index in [1.807, 2.05) is 24.3 Å². The Labute approximate surface area is 169 Å². The molecule has 2 N–H and O–H groups in total. The van der Waals surface area contributed by atoms with Gasteiger partial charge in [0.1, 0.15) is 11.3 Å². The van der Waals surface area contributed by atoms with E-state index in [1.165, 1.54) is 0 Å². The lowest BCUT2D eigenvalue weighted by Gasteiger charge is -2.30. The number of anilines is 1.